The van der Waals surface area contributed by atoms with Crippen LogP contribution in [0.1, 0.15) is 24.5 Å². The van der Waals surface area contributed by atoms with Crippen molar-refractivity contribution in [2.24, 2.45) is 0 Å². The zero-order chi connectivity index (χ0) is 14.6. The van der Waals surface area contributed by atoms with Crippen LogP contribution in [0.15, 0.2) is 30.3 Å². The lowest BCUT2D eigenvalue weighted by Crippen LogP contribution is -2.23. The van der Waals surface area contributed by atoms with Crippen molar-refractivity contribution in [3.05, 3.63) is 41.5 Å². The molecular formula is C16H23NO2S. The predicted octanol–water partition coefficient (Wildman–Crippen LogP) is 2.49. The van der Waals surface area contributed by atoms with E-state index in [1.54, 1.807) is 17.8 Å². The second kappa shape index (κ2) is 10.5. The molecule has 0 aromatic heterocycles. The van der Waals surface area contributed by atoms with Crippen molar-refractivity contribution >= 4 is 23.7 Å². The minimum Gasteiger partial charge on any atom is -0.396 e. The topological polar surface area (TPSA) is 49.3 Å². The first-order valence-electron chi connectivity index (χ1n) is 6.99. The van der Waals surface area contributed by atoms with Crippen LogP contribution in [-0.4, -0.2) is 35.7 Å². The van der Waals surface area contributed by atoms with Crippen LogP contribution in [0.2, 0.25) is 0 Å². The summed E-state index contributed by atoms with van der Waals surface area (Å²) >= 11 is 1.74. The molecule has 0 aliphatic heterocycles. The van der Waals surface area contributed by atoms with Gasteiger partial charge in [0.05, 0.1) is 0 Å². The van der Waals surface area contributed by atoms with Gasteiger partial charge in [0, 0.05) is 25.0 Å². The first-order chi connectivity index (χ1) is 9.76. The van der Waals surface area contributed by atoms with E-state index < -0.39 is 0 Å². The summed E-state index contributed by atoms with van der Waals surface area (Å²) in [4.78, 5) is 11.6. The molecule has 1 aromatic rings. The fourth-order valence-corrected chi connectivity index (χ4v) is 2.39. The quantitative estimate of drug-likeness (QED) is 0.543. The molecule has 0 saturated carbocycles. The average Bonchev–Trinajstić information content (AvgIpc) is 2.49. The molecular weight excluding hydrogens is 270 g/mol. The van der Waals surface area contributed by atoms with Gasteiger partial charge in [0.15, 0.2) is 0 Å². The number of hydrogen-bond donors (Lipinski definition) is 2. The second-order valence-corrected chi connectivity index (χ2v) is 5.63. The summed E-state index contributed by atoms with van der Waals surface area (Å²) in [5.41, 5.74) is 2.33. The van der Waals surface area contributed by atoms with Gasteiger partial charge in [-0.1, -0.05) is 31.2 Å². The third-order valence-electron chi connectivity index (χ3n) is 2.81. The molecule has 0 atom stereocenters. The van der Waals surface area contributed by atoms with Crippen molar-refractivity contribution in [3.8, 4) is 0 Å². The number of aryl methyl sites for hydroxylation is 1. The van der Waals surface area contributed by atoms with Gasteiger partial charge in [0.1, 0.15) is 0 Å². The van der Waals surface area contributed by atoms with Crippen molar-refractivity contribution in [2.75, 3.05) is 24.7 Å². The van der Waals surface area contributed by atoms with E-state index in [2.05, 4.69) is 24.4 Å². The first kappa shape index (κ1) is 16.8. The maximum atomic E-state index is 11.6. The van der Waals surface area contributed by atoms with Crippen molar-refractivity contribution in [2.45, 2.75) is 19.8 Å². The largest absolute Gasteiger partial charge is 0.396 e. The molecule has 0 aliphatic rings. The molecule has 1 aromatic carbocycles. The van der Waals surface area contributed by atoms with Crippen LogP contribution in [0.25, 0.3) is 6.08 Å². The van der Waals surface area contributed by atoms with E-state index in [1.807, 2.05) is 18.2 Å². The molecule has 20 heavy (non-hydrogen) atoms. The van der Waals surface area contributed by atoms with Crippen LogP contribution >= 0.6 is 11.8 Å². The van der Waals surface area contributed by atoms with E-state index in [-0.39, 0.29) is 12.5 Å². The number of amides is 1. The number of hydrogen-bond acceptors (Lipinski definition) is 3. The minimum atomic E-state index is -0.0627. The highest BCUT2D eigenvalue weighted by molar-refractivity contribution is 7.99. The van der Waals surface area contributed by atoms with Crippen molar-refractivity contribution in [1.82, 2.24) is 5.32 Å². The van der Waals surface area contributed by atoms with Gasteiger partial charge in [0.2, 0.25) is 5.91 Å². The molecule has 4 heteroatoms. The molecule has 0 saturated heterocycles. The van der Waals surface area contributed by atoms with Crippen LogP contribution in [-0.2, 0) is 11.2 Å². The third kappa shape index (κ3) is 7.36. The Bertz CT molecular complexity index is 415. The van der Waals surface area contributed by atoms with Gasteiger partial charge in [-0.2, -0.15) is 11.8 Å². The molecule has 0 fully saturated rings. The Kier molecular flexibility index (Phi) is 8.83. The van der Waals surface area contributed by atoms with Gasteiger partial charge in [-0.25, -0.2) is 0 Å². The van der Waals surface area contributed by atoms with Gasteiger partial charge in [-0.15, -0.1) is 0 Å². The van der Waals surface area contributed by atoms with Gasteiger partial charge in [0.25, 0.3) is 0 Å². The SMILES string of the molecule is CCc1ccc(/C=C/C(=O)NCCSCCCO)cc1. The molecule has 3 nitrogen and oxygen atoms in total. The van der Waals surface area contributed by atoms with E-state index in [0.29, 0.717) is 6.54 Å². The summed E-state index contributed by atoms with van der Waals surface area (Å²) in [5, 5.41) is 11.5. The summed E-state index contributed by atoms with van der Waals surface area (Å²) in [5.74, 6) is 1.75. The Balaban J connectivity index is 2.22. The van der Waals surface area contributed by atoms with Crippen LogP contribution in [0.4, 0.5) is 0 Å². The summed E-state index contributed by atoms with van der Waals surface area (Å²) < 4.78 is 0. The predicted molar refractivity (Wildman–Crippen MR) is 86.9 cm³/mol. The fraction of sp³-hybridized carbons (Fsp3) is 0.438. The highest BCUT2D eigenvalue weighted by Crippen LogP contribution is 2.06. The summed E-state index contributed by atoms with van der Waals surface area (Å²) in [6.45, 7) is 3.02. The molecule has 0 bridgehead atoms. The Hall–Kier alpha value is -1.26. The molecule has 2 N–H and O–H groups in total. The molecule has 0 unspecified atom stereocenters. The maximum absolute atomic E-state index is 11.6. The zero-order valence-electron chi connectivity index (χ0n) is 12.0. The number of nitrogens with one attached hydrogen (secondary N) is 1. The molecule has 110 valence electrons. The fourth-order valence-electron chi connectivity index (χ4n) is 1.61. The van der Waals surface area contributed by atoms with Gasteiger partial charge in [-0.3, -0.25) is 4.79 Å². The Morgan fingerprint density at radius 3 is 2.70 bits per heavy atom. The number of thioether (sulfide) groups is 1. The van der Waals surface area contributed by atoms with E-state index >= 15 is 0 Å². The monoisotopic (exact) mass is 293 g/mol. The summed E-state index contributed by atoms with van der Waals surface area (Å²) in [6, 6.07) is 8.20. The average molecular weight is 293 g/mol. The van der Waals surface area contributed by atoms with Gasteiger partial charge < -0.3 is 10.4 Å². The van der Waals surface area contributed by atoms with E-state index in [9.17, 15) is 4.79 Å². The van der Waals surface area contributed by atoms with Gasteiger partial charge in [-0.05, 0) is 35.8 Å². The van der Waals surface area contributed by atoms with E-state index in [4.69, 9.17) is 5.11 Å². The second-order valence-electron chi connectivity index (χ2n) is 4.41. The molecule has 0 spiro atoms. The molecule has 0 aliphatic carbocycles. The van der Waals surface area contributed by atoms with Crippen molar-refractivity contribution in [1.29, 1.82) is 0 Å². The Labute approximate surface area is 125 Å². The molecule has 1 amide bonds. The lowest BCUT2D eigenvalue weighted by molar-refractivity contribution is -0.116. The standard InChI is InChI=1S/C16H23NO2S/c1-2-14-4-6-15(7-5-14)8-9-16(19)17-10-13-20-12-3-11-18/h4-9,18H,2-3,10-13H2,1H3,(H,17,19)/b9-8+. The van der Waals surface area contributed by atoms with Gasteiger partial charge >= 0.3 is 0 Å². The van der Waals surface area contributed by atoms with E-state index in [1.165, 1.54) is 5.56 Å². The minimum absolute atomic E-state index is 0.0627. The van der Waals surface area contributed by atoms with Crippen LogP contribution in [0, 0.1) is 0 Å². The van der Waals surface area contributed by atoms with Crippen molar-refractivity contribution < 1.29 is 9.90 Å². The molecule has 0 heterocycles. The molecule has 1 rings (SSSR count). The number of carbonyl (C=O) groups excluding carboxylic acids is 1. The highest BCUT2D eigenvalue weighted by Gasteiger charge is 1.95. The number of rotatable bonds is 9. The third-order valence-corrected chi connectivity index (χ3v) is 3.88. The number of aliphatic hydroxyl groups is 1. The maximum Gasteiger partial charge on any atom is 0.244 e. The Morgan fingerprint density at radius 1 is 1.30 bits per heavy atom. The van der Waals surface area contributed by atoms with E-state index in [0.717, 1.165) is 29.9 Å². The summed E-state index contributed by atoms with van der Waals surface area (Å²) in [6.07, 6.45) is 5.23. The van der Waals surface area contributed by atoms with Crippen LogP contribution < -0.4 is 5.32 Å². The number of benzene rings is 1. The highest BCUT2D eigenvalue weighted by atomic mass is 32.2. The smallest absolute Gasteiger partial charge is 0.244 e. The lowest BCUT2D eigenvalue weighted by Gasteiger charge is -2.02. The zero-order valence-corrected chi connectivity index (χ0v) is 12.8. The first-order valence-corrected chi connectivity index (χ1v) is 8.15. The van der Waals surface area contributed by atoms with Crippen LogP contribution in [0.3, 0.4) is 0 Å². The van der Waals surface area contributed by atoms with Crippen LogP contribution in [0.5, 0.6) is 0 Å². The number of aliphatic hydroxyl groups excluding tert-OH is 1. The lowest BCUT2D eigenvalue weighted by atomic mass is 10.1. The van der Waals surface area contributed by atoms with Crippen molar-refractivity contribution in [3.63, 3.8) is 0 Å². The Morgan fingerprint density at radius 2 is 2.05 bits per heavy atom. The molecule has 0 radical (unpaired) electrons. The normalized spacial score (nSPS) is 10.9. The summed E-state index contributed by atoms with van der Waals surface area (Å²) in [7, 11) is 0. The number of carbonyl (C=O) groups is 1.